The molecule has 2 aliphatic rings. The van der Waals surface area contributed by atoms with Crippen LogP contribution in [0.2, 0.25) is 0 Å². The predicted octanol–water partition coefficient (Wildman–Crippen LogP) is 1.47. The second-order valence-electron chi connectivity index (χ2n) is 6.60. The van der Waals surface area contributed by atoms with E-state index in [4.69, 9.17) is 0 Å². The van der Waals surface area contributed by atoms with E-state index in [0.717, 1.165) is 45.3 Å². The average molecular weight is 314 g/mol. The number of piperidine rings is 2. The molecule has 0 bridgehead atoms. The lowest BCUT2D eigenvalue weighted by Gasteiger charge is -2.37. The molecule has 2 aliphatic heterocycles. The minimum absolute atomic E-state index is 0.0213. The zero-order valence-electron chi connectivity index (χ0n) is 13.6. The van der Waals surface area contributed by atoms with Crippen LogP contribution in [0.15, 0.2) is 0 Å². The third-order valence-corrected chi connectivity index (χ3v) is 4.83. The van der Waals surface area contributed by atoms with Gasteiger partial charge in [-0.2, -0.15) is 0 Å². The van der Waals surface area contributed by atoms with Gasteiger partial charge in [-0.25, -0.2) is 9.18 Å². The maximum atomic E-state index is 13.7. The number of amides is 1. The van der Waals surface area contributed by atoms with Crippen LogP contribution in [0.4, 0.5) is 4.39 Å². The number of ether oxygens (including phenoxy) is 1. The molecule has 2 heterocycles. The lowest BCUT2D eigenvalue weighted by Crippen LogP contribution is -2.48. The number of alkyl halides is 1. The Labute approximate surface area is 131 Å². The molecular weight excluding hydrogens is 287 g/mol. The van der Waals surface area contributed by atoms with Crippen LogP contribution < -0.4 is 0 Å². The Kier molecular flexibility index (Phi) is 6.17. The fraction of sp³-hybridized carbons (Fsp3) is 0.875. The number of carbonyl (C=O) groups excluding carboxylic acids is 2. The van der Waals surface area contributed by atoms with Gasteiger partial charge in [-0.05, 0) is 38.1 Å². The Bertz CT molecular complexity index is 397. The number of nitrogens with zero attached hydrogens (tertiary/aromatic N) is 2. The predicted molar refractivity (Wildman–Crippen MR) is 81.1 cm³/mol. The third kappa shape index (κ3) is 4.41. The number of rotatable bonds is 4. The summed E-state index contributed by atoms with van der Waals surface area (Å²) in [5, 5.41) is 0. The molecule has 0 saturated carbocycles. The summed E-state index contributed by atoms with van der Waals surface area (Å²) >= 11 is 0. The minimum atomic E-state index is -1.63. The molecule has 0 aromatic heterocycles. The molecule has 0 N–H and O–H groups in total. The summed E-state index contributed by atoms with van der Waals surface area (Å²) in [5.41, 5.74) is 0. The Hall–Kier alpha value is -1.17. The first-order valence-electron chi connectivity index (χ1n) is 8.24. The SMILES string of the molecule is COC(=O)[C@H](F)CN1CCC[C@@H](C(=O)N2CCC(C)CC2)C1. The molecule has 0 unspecified atom stereocenters. The topological polar surface area (TPSA) is 49.9 Å². The molecule has 1 amide bonds. The smallest absolute Gasteiger partial charge is 0.341 e. The quantitative estimate of drug-likeness (QED) is 0.737. The Morgan fingerprint density at radius 1 is 1.23 bits per heavy atom. The number of esters is 1. The van der Waals surface area contributed by atoms with Crippen molar-refractivity contribution >= 4 is 11.9 Å². The summed E-state index contributed by atoms with van der Waals surface area (Å²) in [7, 11) is 1.19. The lowest BCUT2D eigenvalue weighted by atomic mass is 9.93. The summed E-state index contributed by atoms with van der Waals surface area (Å²) in [5.74, 6) is -0.00481. The third-order valence-electron chi connectivity index (χ3n) is 4.83. The second-order valence-corrected chi connectivity index (χ2v) is 6.60. The Balaban J connectivity index is 1.84. The van der Waals surface area contributed by atoms with Gasteiger partial charge in [0.05, 0.1) is 13.0 Å². The first-order chi connectivity index (χ1) is 10.5. The van der Waals surface area contributed by atoms with Crippen molar-refractivity contribution in [3.63, 3.8) is 0 Å². The van der Waals surface area contributed by atoms with Crippen molar-refractivity contribution in [1.82, 2.24) is 9.80 Å². The van der Waals surface area contributed by atoms with Crippen LogP contribution in [0.25, 0.3) is 0 Å². The van der Waals surface area contributed by atoms with E-state index >= 15 is 0 Å². The lowest BCUT2D eigenvalue weighted by molar-refractivity contribution is -0.147. The highest BCUT2D eigenvalue weighted by atomic mass is 19.1. The Morgan fingerprint density at radius 3 is 2.55 bits per heavy atom. The molecule has 0 aromatic carbocycles. The van der Waals surface area contributed by atoms with Crippen LogP contribution in [0.5, 0.6) is 0 Å². The van der Waals surface area contributed by atoms with Gasteiger partial charge in [-0.1, -0.05) is 6.92 Å². The van der Waals surface area contributed by atoms with Crippen molar-refractivity contribution in [3.8, 4) is 0 Å². The zero-order chi connectivity index (χ0) is 16.1. The summed E-state index contributed by atoms with van der Waals surface area (Å²) in [6.45, 7) is 5.20. The fourth-order valence-corrected chi connectivity index (χ4v) is 3.34. The first kappa shape index (κ1) is 17.2. The molecule has 5 nitrogen and oxygen atoms in total. The monoisotopic (exact) mass is 314 g/mol. The van der Waals surface area contributed by atoms with Gasteiger partial charge in [0.1, 0.15) is 0 Å². The highest BCUT2D eigenvalue weighted by Gasteiger charge is 2.32. The van der Waals surface area contributed by atoms with Gasteiger partial charge in [0.25, 0.3) is 0 Å². The van der Waals surface area contributed by atoms with E-state index in [2.05, 4.69) is 11.7 Å². The van der Waals surface area contributed by atoms with Crippen LogP contribution in [0, 0.1) is 11.8 Å². The molecule has 0 aliphatic carbocycles. The fourth-order valence-electron chi connectivity index (χ4n) is 3.34. The van der Waals surface area contributed by atoms with E-state index in [0.29, 0.717) is 12.5 Å². The van der Waals surface area contributed by atoms with E-state index in [-0.39, 0.29) is 18.4 Å². The van der Waals surface area contributed by atoms with Gasteiger partial charge in [0.2, 0.25) is 12.1 Å². The largest absolute Gasteiger partial charge is 0.467 e. The first-order valence-corrected chi connectivity index (χ1v) is 8.24. The molecule has 2 rings (SSSR count). The second kappa shape index (κ2) is 7.90. The summed E-state index contributed by atoms with van der Waals surface area (Å²) in [6, 6.07) is 0. The van der Waals surface area contributed by atoms with Gasteiger partial charge >= 0.3 is 5.97 Å². The number of halogens is 1. The molecule has 22 heavy (non-hydrogen) atoms. The van der Waals surface area contributed by atoms with Crippen LogP contribution in [-0.4, -0.2) is 67.7 Å². The molecule has 6 heteroatoms. The number of carbonyl (C=O) groups is 2. The number of likely N-dealkylation sites (tertiary alicyclic amines) is 2. The zero-order valence-corrected chi connectivity index (χ0v) is 13.6. The molecule has 0 aromatic rings. The van der Waals surface area contributed by atoms with Gasteiger partial charge < -0.3 is 9.64 Å². The van der Waals surface area contributed by atoms with Crippen LogP contribution in [0.1, 0.15) is 32.6 Å². The Morgan fingerprint density at radius 2 is 1.91 bits per heavy atom. The maximum Gasteiger partial charge on any atom is 0.341 e. The van der Waals surface area contributed by atoms with Crippen LogP contribution >= 0.6 is 0 Å². The van der Waals surface area contributed by atoms with Gasteiger partial charge in [-0.3, -0.25) is 9.69 Å². The highest BCUT2D eigenvalue weighted by Crippen LogP contribution is 2.23. The van der Waals surface area contributed by atoms with E-state index in [1.54, 1.807) is 0 Å². The molecule has 2 atom stereocenters. The van der Waals surface area contributed by atoms with E-state index in [1.165, 1.54) is 7.11 Å². The van der Waals surface area contributed by atoms with Crippen molar-refractivity contribution in [1.29, 1.82) is 0 Å². The summed E-state index contributed by atoms with van der Waals surface area (Å²) in [6.07, 6.45) is 2.23. The molecule has 2 saturated heterocycles. The number of hydrogen-bond acceptors (Lipinski definition) is 4. The summed E-state index contributed by atoms with van der Waals surface area (Å²) < 4.78 is 18.1. The molecular formula is C16H27FN2O3. The van der Waals surface area contributed by atoms with Crippen molar-refractivity contribution in [3.05, 3.63) is 0 Å². The van der Waals surface area contributed by atoms with E-state index < -0.39 is 12.1 Å². The van der Waals surface area contributed by atoms with Gasteiger partial charge in [-0.15, -0.1) is 0 Å². The van der Waals surface area contributed by atoms with E-state index in [1.807, 2.05) is 9.80 Å². The van der Waals surface area contributed by atoms with Crippen molar-refractivity contribution in [2.45, 2.75) is 38.8 Å². The average Bonchev–Trinajstić information content (AvgIpc) is 2.54. The maximum absolute atomic E-state index is 13.7. The van der Waals surface area contributed by atoms with Crippen LogP contribution in [0.3, 0.4) is 0 Å². The summed E-state index contributed by atoms with van der Waals surface area (Å²) in [4.78, 5) is 27.6. The highest BCUT2D eigenvalue weighted by molar-refractivity contribution is 5.79. The standard InChI is InChI=1S/C16H27FN2O3/c1-12-5-8-19(9-6-12)15(20)13-4-3-7-18(10-13)11-14(17)16(21)22-2/h12-14H,3-11H2,1-2H3/t13-,14-/m1/s1. The van der Waals surface area contributed by atoms with E-state index in [9.17, 15) is 14.0 Å². The molecule has 2 fully saturated rings. The minimum Gasteiger partial charge on any atom is -0.467 e. The van der Waals surface area contributed by atoms with Gasteiger partial charge in [0, 0.05) is 26.2 Å². The normalized spacial score (nSPS) is 25.8. The van der Waals surface area contributed by atoms with Crippen molar-refractivity contribution in [2.24, 2.45) is 11.8 Å². The molecule has 0 spiro atoms. The number of methoxy groups -OCH3 is 1. The van der Waals surface area contributed by atoms with Crippen molar-refractivity contribution < 1.29 is 18.7 Å². The van der Waals surface area contributed by atoms with Crippen LogP contribution in [-0.2, 0) is 14.3 Å². The molecule has 0 radical (unpaired) electrons. The molecule has 126 valence electrons. The number of hydrogen-bond donors (Lipinski definition) is 0. The van der Waals surface area contributed by atoms with Crippen molar-refractivity contribution in [2.75, 3.05) is 39.8 Å². The van der Waals surface area contributed by atoms with Gasteiger partial charge in [0.15, 0.2) is 0 Å².